The van der Waals surface area contributed by atoms with Crippen molar-refractivity contribution in [3.05, 3.63) is 29.8 Å². The van der Waals surface area contributed by atoms with Gasteiger partial charge in [0, 0.05) is 24.0 Å². The fourth-order valence-corrected chi connectivity index (χ4v) is 3.60. The number of fused-ring (bicyclic) bond motifs is 3. The van der Waals surface area contributed by atoms with Gasteiger partial charge < -0.3 is 10.2 Å². The lowest BCUT2D eigenvalue weighted by Gasteiger charge is -2.45. The van der Waals surface area contributed by atoms with Crippen LogP contribution in [0.2, 0.25) is 0 Å². The van der Waals surface area contributed by atoms with Crippen molar-refractivity contribution >= 4 is 11.8 Å². The Balaban J connectivity index is 1.54. The first-order valence-corrected chi connectivity index (χ1v) is 8.16. The number of hydrogen-bond acceptors (Lipinski definition) is 3. The highest BCUT2D eigenvalue weighted by atomic mass is 32.2. The van der Waals surface area contributed by atoms with Crippen LogP contribution in [0.15, 0.2) is 29.2 Å². The lowest BCUT2D eigenvalue weighted by atomic mass is 9.84. The second-order valence-electron chi connectivity index (χ2n) is 5.47. The number of nitrogens with zero attached hydrogens (tertiary/aromatic N) is 1. The number of nitrogens with one attached hydrogen (secondary N) is 1. The molecule has 0 amide bonds. The summed E-state index contributed by atoms with van der Waals surface area (Å²) < 4.78 is 0. The minimum Gasteiger partial charge on any atom is -0.308 e. The van der Waals surface area contributed by atoms with Crippen LogP contribution >= 0.6 is 11.8 Å². The maximum Gasteiger partial charge on any atom is 0.0227 e. The van der Waals surface area contributed by atoms with Crippen molar-refractivity contribution in [3.8, 4) is 0 Å². The molecule has 4 rings (SSSR count). The van der Waals surface area contributed by atoms with Gasteiger partial charge in [-0.3, -0.25) is 0 Å². The zero-order valence-electron chi connectivity index (χ0n) is 11.1. The molecular weight excluding hydrogens is 240 g/mol. The van der Waals surface area contributed by atoms with Gasteiger partial charge in [-0.25, -0.2) is 0 Å². The van der Waals surface area contributed by atoms with E-state index in [4.69, 9.17) is 0 Å². The fourth-order valence-electron chi connectivity index (χ4n) is 3.19. The number of rotatable bonds is 4. The molecule has 3 fully saturated rings. The minimum atomic E-state index is 0.715. The maximum atomic E-state index is 3.76. The normalized spacial score (nSPS) is 30.6. The van der Waals surface area contributed by atoms with E-state index in [1.807, 2.05) is 0 Å². The predicted molar refractivity (Wildman–Crippen MR) is 78.0 cm³/mol. The molecule has 0 unspecified atom stereocenters. The first-order chi connectivity index (χ1) is 8.85. The minimum absolute atomic E-state index is 0.715. The maximum absolute atomic E-state index is 3.76. The number of hydrogen-bond donors (Lipinski definition) is 1. The van der Waals surface area contributed by atoms with Crippen LogP contribution in [0.25, 0.3) is 0 Å². The Labute approximate surface area is 114 Å². The highest BCUT2D eigenvalue weighted by molar-refractivity contribution is 7.98. The van der Waals surface area contributed by atoms with E-state index in [2.05, 4.69) is 40.7 Å². The molecular formula is C15H22N2S. The van der Waals surface area contributed by atoms with Gasteiger partial charge in [0.05, 0.1) is 0 Å². The van der Waals surface area contributed by atoms with Crippen molar-refractivity contribution in [2.45, 2.75) is 30.3 Å². The van der Waals surface area contributed by atoms with Crippen LogP contribution in [0.5, 0.6) is 0 Å². The van der Waals surface area contributed by atoms with Crippen LogP contribution in [0.1, 0.15) is 18.4 Å². The molecule has 2 nitrogen and oxygen atoms in total. The van der Waals surface area contributed by atoms with Crippen LogP contribution in [0.3, 0.4) is 0 Å². The zero-order chi connectivity index (χ0) is 12.4. The van der Waals surface area contributed by atoms with Crippen molar-refractivity contribution in [1.29, 1.82) is 0 Å². The van der Waals surface area contributed by atoms with Gasteiger partial charge in [-0.05, 0) is 55.8 Å². The molecule has 3 heteroatoms. The van der Waals surface area contributed by atoms with Gasteiger partial charge in [0.1, 0.15) is 0 Å². The van der Waals surface area contributed by atoms with Gasteiger partial charge in [-0.15, -0.1) is 11.8 Å². The standard InChI is InChI=1S/C15H22N2S/c1-18-14-4-2-12(3-5-14)10-16-15-11-17-8-6-13(15)7-9-17/h2-5,13,15-16H,6-11H2,1H3/t15-/m0/s1. The Morgan fingerprint density at radius 2 is 1.94 bits per heavy atom. The topological polar surface area (TPSA) is 15.3 Å². The molecule has 3 aliphatic heterocycles. The number of benzene rings is 1. The summed E-state index contributed by atoms with van der Waals surface area (Å²) in [4.78, 5) is 3.95. The lowest BCUT2D eigenvalue weighted by Crippen LogP contribution is -2.55. The van der Waals surface area contributed by atoms with E-state index in [-0.39, 0.29) is 0 Å². The van der Waals surface area contributed by atoms with E-state index >= 15 is 0 Å². The largest absolute Gasteiger partial charge is 0.308 e. The van der Waals surface area contributed by atoms with Crippen molar-refractivity contribution in [1.82, 2.24) is 10.2 Å². The third-order valence-corrected chi connectivity index (χ3v) is 5.13. The van der Waals surface area contributed by atoms with E-state index in [9.17, 15) is 0 Å². The Morgan fingerprint density at radius 1 is 1.22 bits per heavy atom. The van der Waals surface area contributed by atoms with Crippen LogP contribution in [0, 0.1) is 5.92 Å². The van der Waals surface area contributed by atoms with Crippen LogP contribution < -0.4 is 5.32 Å². The van der Waals surface area contributed by atoms with Gasteiger partial charge in [-0.2, -0.15) is 0 Å². The first kappa shape index (κ1) is 12.5. The van der Waals surface area contributed by atoms with E-state index in [1.165, 1.54) is 42.9 Å². The van der Waals surface area contributed by atoms with Gasteiger partial charge in [0.15, 0.2) is 0 Å². The molecule has 98 valence electrons. The fraction of sp³-hybridized carbons (Fsp3) is 0.600. The van der Waals surface area contributed by atoms with Gasteiger partial charge in [0.25, 0.3) is 0 Å². The predicted octanol–water partition coefficient (Wildman–Crippen LogP) is 2.59. The molecule has 1 N–H and O–H groups in total. The second kappa shape index (κ2) is 5.64. The van der Waals surface area contributed by atoms with Gasteiger partial charge in [0.2, 0.25) is 0 Å². The van der Waals surface area contributed by atoms with Crippen LogP contribution in [-0.2, 0) is 6.54 Å². The molecule has 18 heavy (non-hydrogen) atoms. The summed E-state index contributed by atoms with van der Waals surface area (Å²) in [6, 6.07) is 9.66. The quantitative estimate of drug-likeness (QED) is 0.840. The van der Waals surface area contributed by atoms with Crippen molar-refractivity contribution in [2.24, 2.45) is 5.92 Å². The zero-order valence-corrected chi connectivity index (χ0v) is 11.9. The molecule has 1 atom stereocenters. The third-order valence-electron chi connectivity index (χ3n) is 4.38. The summed E-state index contributed by atoms with van der Waals surface area (Å²) in [6.45, 7) is 4.92. The monoisotopic (exact) mass is 262 g/mol. The highest BCUT2D eigenvalue weighted by Gasteiger charge is 2.33. The average molecular weight is 262 g/mol. The van der Waals surface area contributed by atoms with Gasteiger partial charge in [-0.1, -0.05) is 12.1 Å². The molecule has 0 radical (unpaired) electrons. The Bertz CT molecular complexity index is 382. The van der Waals surface area contributed by atoms with E-state index < -0.39 is 0 Å². The molecule has 3 heterocycles. The SMILES string of the molecule is CSc1ccc(CN[C@H]2CN3CCC2CC3)cc1. The van der Waals surface area contributed by atoms with E-state index in [1.54, 1.807) is 11.8 Å². The van der Waals surface area contributed by atoms with Crippen LogP contribution in [0.4, 0.5) is 0 Å². The summed E-state index contributed by atoms with van der Waals surface area (Å²) in [6.07, 6.45) is 4.91. The van der Waals surface area contributed by atoms with E-state index in [0.717, 1.165) is 12.5 Å². The third kappa shape index (κ3) is 2.73. The molecule has 0 spiro atoms. The number of piperidine rings is 3. The molecule has 2 bridgehead atoms. The van der Waals surface area contributed by atoms with Crippen molar-refractivity contribution in [2.75, 3.05) is 25.9 Å². The molecule has 1 aromatic carbocycles. The second-order valence-corrected chi connectivity index (χ2v) is 6.35. The Morgan fingerprint density at radius 3 is 2.50 bits per heavy atom. The van der Waals surface area contributed by atoms with Crippen molar-refractivity contribution < 1.29 is 0 Å². The lowest BCUT2D eigenvalue weighted by molar-refractivity contribution is 0.0720. The summed E-state index contributed by atoms with van der Waals surface area (Å²) in [5.41, 5.74) is 1.41. The highest BCUT2D eigenvalue weighted by Crippen LogP contribution is 2.27. The van der Waals surface area contributed by atoms with Gasteiger partial charge >= 0.3 is 0 Å². The first-order valence-electron chi connectivity index (χ1n) is 6.94. The molecule has 1 aromatic rings. The summed E-state index contributed by atoms with van der Waals surface area (Å²) in [5, 5.41) is 3.76. The Kier molecular flexibility index (Phi) is 3.92. The Hall–Kier alpha value is -0.510. The number of thioether (sulfide) groups is 1. The molecule has 3 aliphatic rings. The molecule has 0 aromatic heterocycles. The summed E-state index contributed by atoms with van der Waals surface area (Å²) in [7, 11) is 0. The average Bonchev–Trinajstić information content (AvgIpc) is 2.47. The van der Waals surface area contributed by atoms with Crippen molar-refractivity contribution in [3.63, 3.8) is 0 Å². The van der Waals surface area contributed by atoms with E-state index in [0.29, 0.717) is 6.04 Å². The summed E-state index contributed by atoms with van der Waals surface area (Å²) >= 11 is 1.81. The summed E-state index contributed by atoms with van der Waals surface area (Å²) in [5.74, 6) is 0.917. The van der Waals surface area contributed by atoms with Crippen LogP contribution in [-0.4, -0.2) is 36.8 Å². The molecule has 0 saturated carbocycles. The molecule has 0 aliphatic carbocycles. The molecule has 3 saturated heterocycles. The smallest absolute Gasteiger partial charge is 0.0227 e.